The highest BCUT2D eigenvalue weighted by Crippen LogP contribution is 2.43. The summed E-state index contributed by atoms with van der Waals surface area (Å²) in [5, 5.41) is 4.37. The summed E-state index contributed by atoms with van der Waals surface area (Å²) in [4.78, 5) is 12.9. The van der Waals surface area contributed by atoms with Gasteiger partial charge in [0.2, 0.25) is 0 Å². The fraction of sp³-hybridized carbons (Fsp3) is 0.389. The summed E-state index contributed by atoms with van der Waals surface area (Å²) >= 11 is 1.71. The van der Waals surface area contributed by atoms with E-state index in [1.165, 1.54) is 28.8 Å². The monoisotopic (exact) mass is 312 g/mol. The van der Waals surface area contributed by atoms with Crippen LogP contribution in [-0.4, -0.2) is 30.9 Å². The Hall–Kier alpha value is -1.49. The Bertz CT molecular complexity index is 659. The van der Waals surface area contributed by atoms with Crippen LogP contribution in [0.5, 0.6) is 0 Å². The largest absolute Gasteiger partial charge is 0.298 e. The molecule has 22 heavy (non-hydrogen) atoms. The van der Waals surface area contributed by atoms with Crippen molar-refractivity contribution in [3.8, 4) is 10.4 Å². The van der Waals surface area contributed by atoms with E-state index in [4.69, 9.17) is 0 Å². The number of nitrogens with one attached hydrogen (secondary N) is 1. The van der Waals surface area contributed by atoms with E-state index < -0.39 is 0 Å². The van der Waals surface area contributed by atoms with Gasteiger partial charge in [-0.1, -0.05) is 30.3 Å². The summed E-state index contributed by atoms with van der Waals surface area (Å²) in [6.45, 7) is 3.20. The standard InChI is InChI=1S/C18H20N2OS/c21-11-15-12-22-18(14-4-2-1-3-5-14)17(15)16-10-19-20-8-6-13(16)7-9-20/h1-5,11-13,16,19H,6-10H2. The number of piperidine rings is 1. The van der Waals surface area contributed by atoms with E-state index in [0.717, 1.165) is 31.5 Å². The van der Waals surface area contributed by atoms with Gasteiger partial charge in [-0.25, -0.2) is 5.01 Å². The van der Waals surface area contributed by atoms with Crippen LogP contribution in [-0.2, 0) is 0 Å². The summed E-state index contributed by atoms with van der Waals surface area (Å²) in [5.74, 6) is 1.12. The molecule has 3 saturated heterocycles. The average molecular weight is 312 g/mol. The smallest absolute Gasteiger partial charge is 0.151 e. The first kappa shape index (κ1) is 14.1. The van der Waals surface area contributed by atoms with Crippen molar-refractivity contribution < 1.29 is 4.79 Å². The van der Waals surface area contributed by atoms with Gasteiger partial charge in [-0.15, -0.1) is 11.3 Å². The molecule has 3 fully saturated rings. The Morgan fingerprint density at radius 3 is 2.68 bits per heavy atom. The van der Waals surface area contributed by atoms with E-state index in [2.05, 4.69) is 34.7 Å². The van der Waals surface area contributed by atoms with Gasteiger partial charge in [-0.2, -0.15) is 0 Å². The van der Waals surface area contributed by atoms with Crippen molar-refractivity contribution in [3.05, 3.63) is 46.8 Å². The summed E-state index contributed by atoms with van der Waals surface area (Å²) in [5.41, 5.74) is 6.95. The minimum absolute atomic E-state index is 0.439. The Morgan fingerprint density at radius 1 is 1.18 bits per heavy atom. The van der Waals surface area contributed by atoms with Crippen LogP contribution in [0.3, 0.4) is 0 Å². The fourth-order valence-corrected chi connectivity index (χ4v) is 4.95. The third-order valence-corrected chi connectivity index (χ3v) is 6.10. The fourth-order valence-electron chi connectivity index (χ4n) is 3.86. The van der Waals surface area contributed by atoms with Crippen LogP contribution in [0, 0.1) is 5.92 Å². The number of fused-ring (bicyclic) bond motifs is 4. The van der Waals surface area contributed by atoms with Gasteiger partial charge in [0, 0.05) is 41.4 Å². The van der Waals surface area contributed by atoms with Crippen LogP contribution in [0.2, 0.25) is 0 Å². The van der Waals surface area contributed by atoms with Gasteiger partial charge in [0.1, 0.15) is 0 Å². The molecule has 2 bridgehead atoms. The first-order chi connectivity index (χ1) is 10.9. The summed E-state index contributed by atoms with van der Waals surface area (Å²) in [6.07, 6.45) is 3.48. The molecule has 1 aromatic carbocycles. The maximum atomic E-state index is 11.6. The number of thiophene rings is 1. The number of aldehydes is 1. The number of hydrazine groups is 1. The lowest BCUT2D eigenvalue weighted by molar-refractivity contribution is 0.112. The minimum atomic E-state index is 0.439. The lowest BCUT2D eigenvalue weighted by atomic mass is 9.79. The highest BCUT2D eigenvalue weighted by Gasteiger charge is 2.34. The molecule has 3 aliphatic heterocycles. The van der Waals surface area contributed by atoms with Crippen LogP contribution in [0.15, 0.2) is 35.7 Å². The quantitative estimate of drug-likeness (QED) is 0.880. The SMILES string of the molecule is O=Cc1csc(-c2ccccc2)c1C1CNN2CCC1CC2. The van der Waals surface area contributed by atoms with Crippen LogP contribution in [0.4, 0.5) is 0 Å². The van der Waals surface area contributed by atoms with Gasteiger partial charge in [-0.05, 0) is 29.9 Å². The molecule has 114 valence electrons. The Morgan fingerprint density at radius 2 is 1.95 bits per heavy atom. The molecule has 3 aliphatic rings. The van der Waals surface area contributed by atoms with E-state index in [1.54, 1.807) is 11.3 Å². The zero-order chi connectivity index (χ0) is 14.9. The number of carbonyl (C=O) groups is 1. The maximum absolute atomic E-state index is 11.6. The van der Waals surface area contributed by atoms with Crippen molar-refractivity contribution in [1.29, 1.82) is 0 Å². The Kier molecular flexibility index (Phi) is 3.82. The number of rotatable bonds is 3. The van der Waals surface area contributed by atoms with Crippen LogP contribution in [0.25, 0.3) is 10.4 Å². The second kappa shape index (κ2) is 5.95. The lowest BCUT2D eigenvalue weighted by Gasteiger charge is -2.28. The predicted molar refractivity (Wildman–Crippen MR) is 90.2 cm³/mol. The van der Waals surface area contributed by atoms with E-state index in [1.807, 2.05) is 11.4 Å². The molecule has 4 heteroatoms. The third kappa shape index (κ3) is 2.41. The van der Waals surface area contributed by atoms with Crippen LogP contribution >= 0.6 is 11.3 Å². The first-order valence-corrected chi connectivity index (χ1v) is 8.85. The second-order valence-corrected chi connectivity index (χ2v) is 7.09. The van der Waals surface area contributed by atoms with Crippen molar-refractivity contribution in [2.24, 2.45) is 5.92 Å². The van der Waals surface area contributed by atoms with Gasteiger partial charge >= 0.3 is 0 Å². The maximum Gasteiger partial charge on any atom is 0.151 e. The van der Waals surface area contributed by atoms with Crippen LogP contribution < -0.4 is 5.43 Å². The van der Waals surface area contributed by atoms with Gasteiger partial charge in [0.05, 0.1) is 0 Å². The zero-order valence-corrected chi connectivity index (χ0v) is 13.3. The first-order valence-electron chi connectivity index (χ1n) is 7.97. The number of carbonyl (C=O) groups excluding carboxylic acids is 1. The Labute approximate surface area is 134 Å². The average Bonchev–Trinajstić information content (AvgIpc) is 2.79. The van der Waals surface area contributed by atoms with Crippen molar-refractivity contribution in [1.82, 2.24) is 10.4 Å². The molecule has 0 aliphatic carbocycles. The summed E-state index contributed by atoms with van der Waals surface area (Å²) in [6, 6.07) is 10.5. The summed E-state index contributed by atoms with van der Waals surface area (Å²) in [7, 11) is 0. The molecule has 3 nitrogen and oxygen atoms in total. The summed E-state index contributed by atoms with van der Waals surface area (Å²) < 4.78 is 0. The van der Waals surface area contributed by atoms with Crippen molar-refractivity contribution in [2.45, 2.75) is 18.8 Å². The minimum Gasteiger partial charge on any atom is -0.298 e. The van der Waals surface area contributed by atoms with Gasteiger partial charge in [0.15, 0.2) is 6.29 Å². The van der Waals surface area contributed by atoms with E-state index in [0.29, 0.717) is 11.8 Å². The number of hydrogen-bond donors (Lipinski definition) is 1. The van der Waals surface area contributed by atoms with E-state index in [-0.39, 0.29) is 0 Å². The second-order valence-electron chi connectivity index (χ2n) is 6.21. The molecule has 5 rings (SSSR count). The molecule has 1 aromatic heterocycles. The zero-order valence-electron chi connectivity index (χ0n) is 12.5. The molecular weight excluding hydrogens is 292 g/mol. The molecule has 0 spiro atoms. The topological polar surface area (TPSA) is 32.3 Å². The Balaban J connectivity index is 1.80. The molecule has 1 unspecified atom stereocenters. The normalized spacial score (nSPS) is 27.5. The van der Waals surface area contributed by atoms with Gasteiger partial charge < -0.3 is 0 Å². The highest BCUT2D eigenvalue weighted by atomic mass is 32.1. The van der Waals surface area contributed by atoms with Gasteiger partial charge in [-0.3, -0.25) is 10.2 Å². The van der Waals surface area contributed by atoms with E-state index in [9.17, 15) is 4.79 Å². The molecule has 0 saturated carbocycles. The molecule has 1 atom stereocenters. The van der Waals surface area contributed by atoms with Gasteiger partial charge in [0.25, 0.3) is 0 Å². The van der Waals surface area contributed by atoms with Crippen molar-refractivity contribution in [2.75, 3.05) is 19.6 Å². The molecule has 1 N–H and O–H groups in total. The molecule has 0 amide bonds. The molecule has 4 heterocycles. The van der Waals surface area contributed by atoms with E-state index >= 15 is 0 Å². The number of nitrogens with zero attached hydrogens (tertiary/aromatic N) is 1. The number of benzene rings is 1. The molecule has 0 radical (unpaired) electrons. The predicted octanol–water partition coefficient (Wildman–Crippen LogP) is 3.54. The van der Waals surface area contributed by atoms with Crippen LogP contribution in [0.1, 0.15) is 34.7 Å². The molecule has 2 aromatic rings. The molecular formula is C18H20N2OS. The lowest BCUT2D eigenvalue weighted by Crippen LogP contribution is -2.39. The van der Waals surface area contributed by atoms with Crippen molar-refractivity contribution in [3.63, 3.8) is 0 Å². The van der Waals surface area contributed by atoms with Crippen molar-refractivity contribution >= 4 is 17.6 Å². The third-order valence-electron chi connectivity index (χ3n) is 5.04. The highest BCUT2D eigenvalue weighted by molar-refractivity contribution is 7.14. The number of hydrogen-bond acceptors (Lipinski definition) is 4.